The molecule has 0 atom stereocenters. The molecule has 3 heterocycles. The average molecular weight is 594 g/mol. The zero-order valence-electron chi connectivity index (χ0n) is 22.6. The highest BCUT2D eigenvalue weighted by Crippen LogP contribution is 2.37. The summed E-state index contributed by atoms with van der Waals surface area (Å²) >= 11 is 0. The molecule has 2 fully saturated rings. The van der Waals surface area contributed by atoms with E-state index in [9.17, 15) is 23.4 Å². The SMILES string of the molecule is CC(C)c1cc(-c2n[nH]c(=O)n2-c2ccc(CN3CCN(S(=O)(=O)N4CCNCC4)CC3)cc2)c(O)cc1O.Cl. The van der Waals surface area contributed by atoms with Crippen molar-refractivity contribution in [2.24, 2.45) is 0 Å². The number of phenols is 2. The number of hydrogen-bond donors (Lipinski definition) is 4. The second-order valence-corrected chi connectivity index (χ2v) is 12.2. The molecule has 14 heteroatoms. The molecule has 4 N–H and O–H groups in total. The summed E-state index contributed by atoms with van der Waals surface area (Å²) in [5, 5.41) is 30.5. The van der Waals surface area contributed by atoms with E-state index in [4.69, 9.17) is 0 Å². The molecule has 2 aliphatic rings. The zero-order valence-corrected chi connectivity index (χ0v) is 24.2. The summed E-state index contributed by atoms with van der Waals surface area (Å²) in [5.41, 5.74) is 2.15. The first-order valence-corrected chi connectivity index (χ1v) is 14.6. The molecule has 2 aromatic carbocycles. The summed E-state index contributed by atoms with van der Waals surface area (Å²) in [5.74, 6) is 0.0647. The van der Waals surface area contributed by atoms with Gasteiger partial charge in [0, 0.05) is 65.0 Å². The fourth-order valence-electron chi connectivity index (χ4n) is 5.12. The normalized spacial score (nSPS) is 17.7. The second-order valence-electron chi connectivity index (χ2n) is 10.3. The highest BCUT2D eigenvalue weighted by molar-refractivity contribution is 7.86. The van der Waals surface area contributed by atoms with Crippen molar-refractivity contribution in [1.29, 1.82) is 0 Å². The van der Waals surface area contributed by atoms with E-state index >= 15 is 0 Å². The lowest BCUT2D eigenvalue weighted by molar-refractivity contribution is 0.173. The highest BCUT2D eigenvalue weighted by atomic mass is 35.5. The topological polar surface area (TPSA) is 147 Å². The fraction of sp³-hybridized carbons (Fsp3) is 0.462. The quantitative estimate of drug-likeness (QED) is 0.322. The Morgan fingerprint density at radius 3 is 2.17 bits per heavy atom. The van der Waals surface area contributed by atoms with Crippen LogP contribution in [0.15, 0.2) is 41.2 Å². The summed E-state index contributed by atoms with van der Waals surface area (Å²) in [6.07, 6.45) is 0. The lowest BCUT2D eigenvalue weighted by Crippen LogP contribution is -2.56. The van der Waals surface area contributed by atoms with Gasteiger partial charge in [-0.05, 0) is 35.2 Å². The molecule has 2 saturated heterocycles. The molecule has 40 heavy (non-hydrogen) atoms. The third kappa shape index (κ3) is 6.04. The van der Waals surface area contributed by atoms with Crippen LogP contribution in [0.3, 0.4) is 0 Å². The molecule has 0 bridgehead atoms. The van der Waals surface area contributed by atoms with Crippen molar-refractivity contribution in [3.8, 4) is 28.6 Å². The molecule has 0 amide bonds. The number of aromatic amines is 1. The number of halogens is 1. The number of rotatable bonds is 7. The lowest BCUT2D eigenvalue weighted by atomic mass is 9.98. The molecule has 0 spiro atoms. The third-order valence-electron chi connectivity index (χ3n) is 7.34. The summed E-state index contributed by atoms with van der Waals surface area (Å²) < 4.78 is 30.4. The van der Waals surface area contributed by atoms with Gasteiger partial charge in [-0.25, -0.2) is 14.5 Å². The molecule has 5 rings (SSSR count). The van der Waals surface area contributed by atoms with E-state index in [-0.39, 0.29) is 35.6 Å². The van der Waals surface area contributed by atoms with Crippen LogP contribution in [-0.2, 0) is 16.8 Å². The number of nitrogens with one attached hydrogen (secondary N) is 2. The van der Waals surface area contributed by atoms with Crippen LogP contribution >= 0.6 is 12.4 Å². The fourth-order valence-corrected chi connectivity index (χ4v) is 6.71. The summed E-state index contributed by atoms with van der Waals surface area (Å²) in [6, 6.07) is 10.4. The van der Waals surface area contributed by atoms with Gasteiger partial charge in [0.05, 0.1) is 11.3 Å². The van der Waals surface area contributed by atoms with E-state index in [2.05, 4.69) is 20.4 Å². The van der Waals surface area contributed by atoms with E-state index in [0.717, 1.165) is 5.56 Å². The molecular weight excluding hydrogens is 558 g/mol. The highest BCUT2D eigenvalue weighted by Gasteiger charge is 2.33. The van der Waals surface area contributed by atoms with Crippen molar-refractivity contribution in [2.45, 2.75) is 26.3 Å². The Hall–Kier alpha value is -2.94. The molecule has 3 aromatic rings. The van der Waals surface area contributed by atoms with Crippen LogP contribution < -0.4 is 11.0 Å². The average Bonchev–Trinajstić information content (AvgIpc) is 3.30. The maximum absolute atomic E-state index is 12.9. The minimum atomic E-state index is -3.43. The van der Waals surface area contributed by atoms with E-state index in [1.807, 2.05) is 38.1 Å². The van der Waals surface area contributed by atoms with Crippen LogP contribution in [0.2, 0.25) is 0 Å². The smallest absolute Gasteiger partial charge is 0.348 e. The number of nitrogens with zero attached hydrogens (tertiary/aromatic N) is 5. The first kappa shape index (κ1) is 30.0. The van der Waals surface area contributed by atoms with E-state index in [0.29, 0.717) is 75.7 Å². The molecule has 218 valence electrons. The number of piperazine rings is 2. The van der Waals surface area contributed by atoms with Gasteiger partial charge < -0.3 is 15.5 Å². The second kappa shape index (κ2) is 12.3. The van der Waals surface area contributed by atoms with Crippen LogP contribution in [0.1, 0.15) is 30.9 Å². The summed E-state index contributed by atoms with van der Waals surface area (Å²) in [4.78, 5) is 14.9. The van der Waals surface area contributed by atoms with Crippen molar-refractivity contribution < 1.29 is 18.6 Å². The van der Waals surface area contributed by atoms with E-state index < -0.39 is 15.9 Å². The Labute approximate surface area is 239 Å². The minimum Gasteiger partial charge on any atom is -0.508 e. The van der Waals surface area contributed by atoms with Crippen LogP contribution in [-0.4, -0.2) is 99.3 Å². The van der Waals surface area contributed by atoms with Crippen LogP contribution in [0.5, 0.6) is 11.5 Å². The summed E-state index contributed by atoms with van der Waals surface area (Å²) in [7, 11) is -3.43. The molecule has 0 radical (unpaired) electrons. The first-order chi connectivity index (χ1) is 18.6. The Bertz CT molecular complexity index is 1480. The predicted octanol–water partition coefficient (Wildman–Crippen LogP) is 1.45. The molecule has 1 aromatic heterocycles. The van der Waals surface area contributed by atoms with Crippen molar-refractivity contribution in [3.05, 3.63) is 58.0 Å². The molecular formula is C26H36ClN7O5S. The molecule has 12 nitrogen and oxygen atoms in total. The maximum atomic E-state index is 12.9. The van der Waals surface area contributed by atoms with Gasteiger partial charge in [-0.15, -0.1) is 12.4 Å². The zero-order chi connectivity index (χ0) is 27.7. The minimum absolute atomic E-state index is 0. The third-order valence-corrected chi connectivity index (χ3v) is 9.38. The molecule has 0 unspecified atom stereocenters. The van der Waals surface area contributed by atoms with Crippen LogP contribution in [0, 0.1) is 0 Å². The Morgan fingerprint density at radius 1 is 0.925 bits per heavy atom. The van der Waals surface area contributed by atoms with Crippen molar-refractivity contribution in [1.82, 2.24) is 33.6 Å². The van der Waals surface area contributed by atoms with Crippen LogP contribution in [0.4, 0.5) is 0 Å². The predicted molar refractivity (Wildman–Crippen MR) is 154 cm³/mol. The summed E-state index contributed by atoms with van der Waals surface area (Å²) in [6.45, 7) is 9.05. The monoisotopic (exact) mass is 593 g/mol. The standard InChI is InChI=1S/C26H35N7O5S.ClH/c1-18(2)21-15-22(24(35)16-23(21)34)25-28-29-26(36)33(25)20-5-3-19(4-6-20)17-30-11-13-32(14-12-30)39(37,38)31-9-7-27-8-10-31;/h3-6,15-16,18,27,34-35H,7-14,17H2,1-2H3,(H,29,36);1H. The maximum Gasteiger partial charge on any atom is 0.348 e. The van der Waals surface area contributed by atoms with Gasteiger partial charge in [-0.2, -0.15) is 22.1 Å². The van der Waals surface area contributed by atoms with Gasteiger partial charge >= 0.3 is 5.69 Å². The van der Waals surface area contributed by atoms with E-state index in [1.54, 1.807) is 14.7 Å². The molecule has 2 aliphatic heterocycles. The number of phenolic OH excluding ortho intramolecular Hbond substituents is 2. The van der Waals surface area contributed by atoms with Crippen molar-refractivity contribution in [2.75, 3.05) is 52.4 Å². The van der Waals surface area contributed by atoms with E-state index in [1.165, 1.54) is 10.6 Å². The van der Waals surface area contributed by atoms with Gasteiger partial charge in [-0.1, -0.05) is 26.0 Å². The number of H-pyrrole nitrogens is 1. The largest absolute Gasteiger partial charge is 0.508 e. The van der Waals surface area contributed by atoms with Gasteiger partial charge in [0.25, 0.3) is 10.2 Å². The number of aromatic nitrogens is 3. The van der Waals surface area contributed by atoms with Crippen LogP contribution in [0.25, 0.3) is 17.1 Å². The van der Waals surface area contributed by atoms with Gasteiger partial charge in [0.1, 0.15) is 11.5 Å². The van der Waals surface area contributed by atoms with Gasteiger partial charge in [0.15, 0.2) is 5.82 Å². The Kier molecular flexibility index (Phi) is 9.22. The number of aromatic hydroxyl groups is 2. The Balaban J connectivity index is 0.00000370. The lowest BCUT2D eigenvalue weighted by Gasteiger charge is -2.37. The Morgan fingerprint density at radius 2 is 1.55 bits per heavy atom. The van der Waals surface area contributed by atoms with Crippen molar-refractivity contribution in [3.63, 3.8) is 0 Å². The van der Waals surface area contributed by atoms with Gasteiger partial charge in [-0.3, -0.25) is 4.90 Å². The molecule has 0 saturated carbocycles. The number of benzene rings is 2. The first-order valence-electron chi connectivity index (χ1n) is 13.2. The number of hydrogen-bond acceptors (Lipinski definition) is 8. The van der Waals surface area contributed by atoms with Crippen molar-refractivity contribution >= 4 is 22.6 Å². The molecule has 0 aliphatic carbocycles. The van der Waals surface area contributed by atoms with Gasteiger partial charge in [0.2, 0.25) is 0 Å².